The monoisotopic (exact) mass is 258 g/mol. The average molecular weight is 259 g/mol. The number of hydrogen-bond acceptors (Lipinski definition) is 3. The number of ether oxygens (including phenoxy) is 1. The standard InChI is InChI=1S/C10H11BrO3/c1-6(14-7(2)12)8-3-4-10(13)9(11)5-8/h3-6,13H,1-2H3. The lowest BCUT2D eigenvalue weighted by Crippen LogP contribution is -2.04. The number of halogens is 1. The zero-order valence-corrected chi connectivity index (χ0v) is 9.54. The SMILES string of the molecule is CC(=O)OC(C)c1ccc(O)c(Br)c1. The molecule has 0 spiro atoms. The van der Waals surface area contributed by atoms with E-state index in [0.717, 1.165) is 5.56 Å². The highest BCUT2D eigenvalue weighted by molar-refractivity contribution is 9.10. The Bertz CT molecular complexity index is 349. The summed E-state index contributed by atoms with van der Waals surface area (Å²) < 4.78 is 5.58. The summed E-state index contributed by atoms with van der Waals surface area (Å²) in [6.07, 6.45) is -0.301. The molecule has 0 bridgehead atoms. The fourth-order valence-electron chi connectivity index (χ4n) is 1.09. The maximum absolute atomic E-state index is 10.7. The molecular formula is C10H11BrO3. The summed E-state index contributed by atoms with van der Waals surface area (Å²) in [4.78, 5) is 10.7. The number of benzene rings is 1. The van der Waals surface area contributed by atoms with E-state index in [2.05, 4.69) is 15.9 Å². The van der Waals surface area contributed by atoms with Crippen LogP contribution in [0.2, 0.25) is 0 Å². The maximum atomic E-state index is 10.7. The minimum absolute atomic E-state index is 0.170. The fraction of sp³-hybridized carbons (Fsp3) is 0.300. The van der Waals surface area contributed by atoms with Gasteiger partial charge in [0.05, 0.1) is 4.47 Å². The van der Waals surface area contributed by atoms with Crippen LogP contribution in [0.15, 0.2) is 22.7 Å². The van der Waals surface area contributed by atoms with Gasteiger partial charge in [-0.2, -0.15) is 0 Å². The predicted molar refractivity (Wildman–Crippen MR) is 56.0 cm³/mol. The molecule has 0 saturated carbocycles. The summed E-state index contributed by atoms with van der Waals surface area (Å²) in [5, 5.41) is 9.25. The van der Waals surface area contributed by atoms with E-state index in [-0.39, 0.29) is 17.8 Å². The van der Waals surface area contributed by atoms with Crippen molar-refractivity contribution < 1.29 is 14.6 Å². The number of rotatable bonds is 2. The van der Waals surface area contributed by atoms with Crippen molar-refractivity contribution in [3.8, 4) is 5.75 Å². The molecule has 0 aliphatic heterocycles. The van der Waals surface area contributed by atoms with Crippen LogP contribution in [-0.4, -0.2) is 11.1 Å². The number of esters is 1. The smallest absolute Gasteiger partial charge is 0.303 e. The van der Waals surface area contributed by atoms with Crippen molar-refractivity contribution in [2.24, 2.45) is 0 Å². The van der Waals surface area contributed by atoms with E-state index < -0.39 is 0 Å². The van der Waals surface area contributed by atoms with E-state index in [4.69, 9.17) is 4.74 Å². The van der Waals surface area contributed by atoms with Crippen LogP contribution >= 0.6 is 15.9 Å². The first-order valence-corrected chi connectivity index (χ1v) is 4.95. The Hall–Kier alpha value is -1.03. The summed E-state index contributed by atoms with van der Waals surface area (Å²) in [7, 11) is 0. The molecule has 1 N–H and O–H groups in total. The van der Waals surface area contributed by atoms with Crippen LogP contribution in [0.1, 0.15) is 25.5 Å². The second-order valence-corrected chi connectivity index (χ2v) is 3.82. The Balaban J connectivity index is 2.85. The third-order valence-corrected chi connectivity index (χ3v) is 2.42. The zero-order valence-electron chi connectivity index (χ0n) is 7.95. The lowest BCUT2D eigenvalue weighted by molar-refractivity contribution is -0.145. The molecule has 0 aliphatic rings. The third-order valence-electron chi connectivity index (χ3n) is 1.78. The lowest BCUT2D eigenvalue weighted by Gasteiger charge is -2.12. The van der Waals surface area contributed by atoms with Gasteiger partial charge in [-0.3, -0.25) is 4.79 Å². The summed E-state index contributed by atoms with van der Waals surface area (Å²) >= 11 is 3.19. The fourth-order valence-corrected chi connectivity index (χ4v) is 1.49. The Morgan fingerprint density at radius 3 is 2.71 bits per heavy atom. The van der Waals surface area contributed by atoms with Gasteiger partial charge < -0.3 is 9.84 Å². The molecule has 0 heterocycles. The first-order chi connectivity index (χ1) is 6.50. The van der Waals surface area contributed by atoms with E-state index in [1.807, 2.05) is 0 Å². The Morgan fingerprint density at radius 1 is 1.57 bits per heavy atom. The molecule has 0 radical (unpaired) electrons. The molecule has 0 aromatic heterocycles. The maximum Gasteiger partial charge on any atom is 0.303 e. The van der Waals surface area contributed by atoms with Crippen molar-refractivity contribution in [1.82, 2.24) is 0 Å². The largest absolute Gasteiger partial charge is 0.507 e. The summed E-state index contributed by atoms with van der Waals surface area (Å²) in [6, 6.07) is 5.00. The van der Waals surface area contributed by atoms with Crippen LogP contribution < -0.4 is 0 Å². The third kappa shape index (κ3) is 2.73. The minimum Gasteiger partial charge on any atom is -0.507 e. The molecule has 76 valence electrons. The van der Waals surface area contributed by atoms with Gasteiger partial charge in [0.2, 0.25) is 0 Å². The van der Waals surface area contributed by atoms with Gasteiger partial charge in [-0.15, -0.1) is 0 Å². The van der Waals surface area contributed by atoms with Gasteiger partial charge in [-0.25, -0.2) is 0 Å². The van der Waals surface area contributed by atoms with Crippen LogP contribution in [0.3, 0.4) is 0 Å². The van der Waals surface area contributed by atoms with E-state index >= 15 is 0 Å². The van der Waals surface area contributed by atoms with Crippen molar-refractivity contribution in [3.05, 3.63) is 28.2 Å². The van der Waals surface area contributed by atoms with Gasteiger partial charge in [0, 0.05) is 6.92 Å². The first kappa shape index (κ1) is 11.0. The van der Waals surface area contributed by atoms with Gasteiger partial charge in [0.15, 0.2) is 0 Å². The second-order valence-electron chi connectivity index (χ2n) is 2.96. The molecule has 1 unspecified atom stereocenters. The van der Waals surface area contributed by atoms with E-state index in [1.165, 1.54) is 6.92 Å². The highest BCUT2D eigenvalue weighted by Crippen LogP contribution is 2.28. The van der Waals surface area contributed by atoms with Crippen LogP contribution in [0.4, 0.5) is 0 Å². The molecule has 1 aromatic rings. The highest BCUT2D eigenvalue weighted by atomic mass is 79.9. The summed E-state index contributed by atoms with van der Waals surface area (Å²) in [6.45, 7) is 3.15. The van der Waals surface area contributed by atoms with Crippen molar-refractivity contribution in [2.45, 2.75) is 20.0 Å². The van der Waals surface area contributed by atoms with Gasteiger partial charge in [-0.1, -0.05) is 6.07 Å². The quantitative estimate of drug-likeness (QED) is 0.830. The zero-order chi connectivity index (χ0) is 10.7. The van der Waals surface area contributed by atoms with Crippen molar-refractivity contribution >= 4 is 21.9 Å². The topological polar surface area (TPSA) is 46.5 Å². The molecule has 3 nitrogen and oxygen atoms in total. The van der Waals surface area contributed by atoms with E-state index in [0.29, 0.717) is 4.47 Å². The van der Waals surface area contributed by atoms with Crippen molar-refractivity contribution in [3.63, 3.8) is 0 Å². The van der Waals surface area contributed by atoms with Crippen LogP contribution in [-0.2, 0) is 9.53 Å². The second kappa shape index (κ2) is 4.46. The highest BCUT2D eigenvalue weighted by Gasteiger charge is 2.09. The van der Waals surface area contributed by atoms with E-state index in [9.17, 15) is 9.90 Å². The molecule has 0 amide bonds. The molecular weight excluding hydrogens is 248 g/mol. The molecule has 1 rings (SSSR count). The molecule has 0 fully saturated rings. The number of hydrogen-bond donors (Lipinski definition) is 1. The number of aromatic hydroxyl groups is 1. The predicted octanol–water partition coefficient (Wildman–Crippen LogP) is 2.78. The lowest BCUT2D eigenvalue weighted by atomic mass is 10.1. The molecule has 0 saturated heterocycles. The number of carbonyl (C=O) groups is 1. The van der Waals surface area contributed by atoms with Gasteiger partial charge >= 0.3 is 5.97 Å². The number of phenolic OH excluding ortho intramolecular Hbond substituents is 1. The normalized spacial score (nSPS) is 12.2. The average Bonchev–Trinajstić information content (AvgIpc) is 2.08. The first-order valence-electron chi connectivity index (χ1n) is 4.16. The van der Waals surface area contributed by atoms with Crippen LogP contribution in [0.25, 0.3) is 0 Å². The van der Waals surface area contributed by atoms with Crippen molar-refractivity contribution in [1.29, 1.82) is 0 Å². The molecule has 0 aliphatic carbocycles. The van der Waals surface area contributed by atoms with Gasteiger partial charge in [-0.05, 0) is 40.5 Å². The number of carbonyl (C=O) groups excluding carboxylic acids is 1. The van der Waals surface area contributed by atoms with Gasteiger partial charge in [0.1, 0.15) is 11.9 Å². The Labute approximate surface area is 90.8 Å². The summed E-state index contributed by atoms with van der Waals surface area (Å²) in [5.74, 6) is -0.148. The summed E-state index contributed by atoms with van der Waals surface area (Å²) in [5.41, 5.74) is 0.838. The Morgan fingerprint density at radius 2 is 2.21 bits per heavy atom. The van der Waals surface area contributed by atoms with E-state index in [1.54, 1.807) is 25.1 Å². The molecule has 1 aromatic carbocycles. The number of phenols is 1. The molecule has 1 atom stereocenters. The minimum atomic E-state index is -0.318. The Kier molecular flexibility index (Phi) is 3.52. The molecule has 4 heteroatoms. The molecule has 14 heavy (non-hydrogen) atoms. The van der Waals surface area contributed by atoms with Crippen LogP contribution in [0, 0.1) is 0 Å². The van der Waals surface area contributed by atoms with Crippen LogP contribution in [0.5, 0.6) is 5.75 Å². The van der Waals surface area contributed by atoms with Gasteiger partial charge in [0.25, 0.3) is 0 Å². The van der Waals surface area contributed by atoms with Crippen molar-refractivity contribution in [2.75, 3.05) is 0 Å².